The molecule has 0 unspecified atom stereocenters. The van der Waals surface area contributed by atoms with Gasteiger partial charge >= 0.3 is 0 Å². The van der Waals surface area contributed by atoms with Gasteiger partial charge in [-0.1, -0.05) is 24.3 Å². The van der Waals surface area contributed by atoms with E-state index in [1.54, 1.807) is 12.3 Å². The molecule has 4 rings (SSSR count). The summed E-state index contributed by atoms with van der Waals surface area (Å²) in [5.74, 6) is 0.000836. The predicted molar refractivity (Wildman–Crippen MR) is 94.2 cm³/mol. The summed E-state index contributed by atoms with van der Waals surface area (Å²) in [6, 6.07) is 17.0. The van der Waals surface area contributed by atoms with Crippen molar-refractivity contribution in [1.29, 1.82) is 0 Å². The Morgan fingerprint density at radius 2 is 1.56 bits per heavy atom. The maximum Gasteiger partial charge on any atom is 0.139 e. The van der Waals surface area contributed by atoms with Crippen LogP contribution in [0.2, 0.25) is 0 Å². The third kappa shape index (κ3) is 2.80. The van der Waals surface area contributed by atoms with Crippen LogP contribution in [0.3, 0.4) is 0 Å². The topological polar surface area (TPSA) is 30.7 Å². The van der Waals surface area contributed by atoms with Crippen LogP contribution in [-0.2, 0) is 0 Å². The number of imidazole rings is 1. The van der Waals surface area contributed by atoms with E-state index >= 15 is 0 Å². The van der Waals surface area contributed by atoms with Gasteiger partial charge < -0.3 is 0 Å². The Bertz CT molecular complexity index is 1050. The van der Waals surface area contributed by atoms with Crippen LogP contribution in [0.15, 0.2) is 66.9 Å². The van der Waals surface area contributed by atoms with Crippen LogP contribution in [0.4, 0.5) is 8.78 Å². The number of benzene rings is 2. The fourth-order valence-electron chi connectivity index (χ4n) is 2.71. The molecule has 3 nitrogen and oxygen atoms in total. The zero-order valence-corrected chi connectivity index (χ0v) is 13.1. The minimum absolute atomic E-state index is 0.0953. The standard InChI is InChI=1S/C20H13F2N3/c21-15-6-5-7-16(22)14(15)11-12-20-24-17-8-1-2-9-18(17)25(20)19-10-3-4-13-23-19/h1-13H. The highest BCUT2D eigenvalue weighted by Gasteiger charge is 2.11. The van der Waals surface area contributed by atoms with Crippen LogP contribution < -0.4 is 0 Å². The van der Waals surface area contributed by atoms with Gasteiger partial charge in [-0.25, -0.2) is 18.7 Å². The third-order valence-corrected chi connectivity index (χ3v) is 3.86. The summed E-state index contributed by atoms with van der Waals surface area (Å²) in [4.78, 5) is 8.92. The SMILES string of the molecule is Fc1cccc(F)c1C=Cc1nc2ccccc2n1-c1ccccn1. The van der Waals surface area contributed by atoms with E-state index in [4.69, 9.17) is 0 Å². The number of rotatable bonds is 3. The molecular formula is C20H13F2N3. The Labute approximate surface area is 142 Å². The van der Waals surface area contributed by atoms with Crippen LogP contribution in [-0.4, -0.2) is 14.5 Å². The lowest BCUT2D eigenvalue weighted by Crippen LogP contribution is -1.99. The third-order valence-electron chi connectivity index (χ3n) is 3.86. The van der Waals surface area contributed by atoms with E-state index in [9.17, 15) is 8.78 Å². The fourth-order valence-corrected chi connectivity index (χ4v) is 2.71. The fraction of sp³-hybridized carbons (Fsp3) is 0. The Kier molecular flexibility index (Phi) is 3.82. The van der Waals surface area contributed by atoms with Crippen LogP contribution in [0, 0.1) is 11.6 Å². The molecule has 0 spiro atoms. The van der Waals surface area contributed by atoms with Crippen LogP contribution in [0.5, 0.6) is 0 Å². The van der Waals surface area contributed by atoms with Crippen molar-refractivity contribution in [1.82, 2.24) is 14.5 Å². The van der Waals surface area contributed by atoms with Crippen molar-refractivity contribution >= 4 is 23.2 Å². The van der Waals surface area contributed by atoms with Gasteiger partial charge in [-0.15, -0.1) is 0 Å². The molecule has 4 aromatic rings. The second-order valence-corrected chi connectivity index (χ2v) is 5.45. The van der Waals surface area contributed by atoms with Crippen molar-refractivity contribution in [2.45, 2.75) is 0 Å². The smallest absolute Gasteiger partial charge is 0.139 e. The van der Waals surface area contributed by atoms with Crippen molar-refractivity contribution in [2.75, 3.05) is 0 Å². The molecule has 0 fully saturated rings. The molecule has 2 aromatic heterocycles. The lowest BCUT2D eigenvalue weighted by molar-refractivity contribution is 0.579. The van der Waals surface area contributed by atoms with Gasteiger partial charge in [0, 0.05) is 11.8 Å². The van der Waals surface area contributed by atoms with Crippen molar-refractivity contribution in [3.8, 4) is 5.82 Å². The minimum atomic E-state index is -0.614. The molecule has 0 aliphatic heterocycles. The maximum absolute atomic E-state index is 13.9. The molecule has 122 valence electrons. The van der Waals surface area contributed by atoms with E-state index < -0.39 is 11.6 Å². The molecule has 0 aliphatic carbocycles. The molecule has 0 amide bonds. The first-order valence-corrected chi connectivity index (χ1v) is 7.75. The van der Waals surface area contributed by atoms with E-state index in [1.165, 1.54) is 24.3 Å². The zero-order chi connectivity index (χ0) is 17.2. The van der Waals surface area contributed by atoms with Crippen LogP contribution >= 0.6 is 0 Å². The Morgan fingerprint density at radius 1 is 0.800 bits per heavy atom. The second-order valence-electron chi connectivity index (χ2n) is 5.45. The summed E-state index contributed by atoms with van der Waals surface area (Å²) in [5.41, 5.74) is 1.55. The van der Waals surface area contributed by atoms with E-state index in [0.29, 0.717) is 11.6 Å². The number of pyridine rings is 1. The molecule has 2 aromatic carbocycles. The van der Waals surface area contributed by atoms with Gasteiger partial charge in [0.15, 0.2) is 0 Å². The van der Waals surface area contributed by atoms with E-state index in [-0.39, 0.29) is 5.56 Å². The first kappa shape index (κ1) is 15.2. The molecule has 0 bridgehead atoms. The van der Waals surface area contributed by atoms with Gasteiger partial charge in [0.25, 0.3) is 0 Å². The highest BCUT2D eigenvalue weighted by Crippen LogP contribution is 2.22. The Balaban J connectivity index is 1.89. The summed E-state index contributed by atoms with van der Waals surface area (Å²) >= 11 is 0. The molecule has 0 saturated heterocycles. The molecule has 5 heteroatoms. The lowest BCUT2D eigenvalue weighted by Gasteiger charge is -2.05. The highest BCUT2D eigenvalue weighted by molar-refractivity contribution is 5.81. The number of halogens is 2. The summed E-state index contributed by atoms with van der Waals surface area (Å²) in [6.07, 6.45) is 4.68. The summed E-state index contributed by atoms with van der Waals surface area (Å²) in [7, 11) is 0. The molecule has 0 atom stereocenters. The normalized spacial score (nSPS) is 11.4. The number of hydrogen-bond donors (Lipinski definition) is 0. The highest BCUT2D eigenvalue weighted by atomic mass is 19.1. The summed E-state index contributed by atoms with van der Waals surface area (Å²) in [6.45, 7) is 0. The van der Waals surface area contributed by atoms with Crippen molar-refractivity contribution in [3.05, 3.63) is 89.9 Å². The number of fused-ring (bicyclic) bond motifs is 1. The average Bonchev–Trinajstić information content (AvgIpc) is 3.00. The number of aromatic nitrogens is 3. The molecule has 2 heterocycles. The van der Waals surface area contributed by atoms with Crippen LogP contribution in [0.1, 0.15) is 11.4 Å². The Hall–Kier alpha value is -3.34. The zero-order valence-electron chi connectivity index (χ0n) is 13.1. The van der Waals surface area contributed by atoms with E-state index in [0.717, 1.165) is 11.0 Å². The molecule has 0 radical (unpaired) electrons. The maximum atomic E-state index is 13.9. The van der Waals surface area contributed by atoms with Crippen LogP contribution in [0.25, 0.3) is 29.0 Å². The quantitative estimate of drug-likeness (QED) is 0.535. The second kappa shape index (κ2) is 6.28. The minimum Gasteiger partial charge on any atom is -0.277 e. The molecule has 0 N–H and O–H groups in total. The van der Waals surface area contributed by atoms with Crippen molar-refractivity contribution in [3.63, 3.8) is 0 Å². The average molecular weight is 333 g/mol. The monoisotopic (exact) mass is 333 g/mol. The molecule has 25 heavy (non-hydrogen) atoms. The van der Waals surface area contributed by atoms with Gasteiger partial charge in [-0.2, -0.15) is 0 Å². The van der Waals surface area contributed by atoms with E-state index in [2.05, 4.69) is 9.97 Å². The van der Waals surface area contributed by atoms with E-state index in [1.807, 2.05) is 47.0 Å². The van der Waals surface area contributed by atoms with Gasteiger partial charge in [0.2, 0.25) is 0 Å². The summed E-state index contributed by atoms with van der Waals surface area (Å²) in [5, 5.41) is 0. The predicted octanol–water partition coefficient (Wildman–Crippen LogP) is 4.87. The Morgan fingerprint density at radius 3 is 2.32 bits per heavy atom. The summed E-state index contributed by atoms with van der Waals surface area (Å²) < 4.78 is 29.6. The van der Waals surface area contributed by atoms with Gasteiger partial charge in [0.05, 0.1) is 11.0 Å². The van der Waals surface area contributed by atoms with Gasteiger partial charge in [-0.05, 0) is 48.6 Å². The lowest BCUT2D eigenvalue weighted by atomic mass is 10.2. The molecule has 0 aliphatic rings. The molecule has 0 saturated carbocycles. The van der Waals surface area contributed by atoms with Crippen molar-refractivity contribution in [2.24, 2.45) is 0 Å². The largest absolute Gasteiger partial charge is 0.277 e. The number of para-hydroxylation sites is 2. The van der Waals surface area contributed by atoms with Crippen molar-refractivity contribution < 1.29 is 8.78 Å². The van der Waals surface area contributed by atoms with Gasteiger partial charge in [0.1, 0.15) is 23.3 Å². The van der Waals surface area contributed by atoms with Gasteiger partial charge in [-0.3, -0.25) is 4.57 Å². The molecular weight excluding hydrogens is 320 g/mol. The number of nitrogens with zero attached hydrogens (tertiary/aromatic N) is 3. The number of hydrogen-bond acceptors (Lipinski definition) is 2. The first-order valence-electron chi connectivity index (χ1n) is 7.75. The first-order chi connectivity index (χ1) is 12.2.